The van der Waals surface area contributed by atoms with Crippen molar-refractivity contribution in [2.24, 2.45) is 0 Å². The summed E-state index contributed by atoms with van der Waals surface area (Å²) in [6.07, 6.45) is 7.09. The lowest BCUT2D eigenvalue weighted by Gasteiger charge is -2.50. The van der Waals surface area contributed by atoms with Crippen molar-refractivity contribution >= 4 is 77.7 Å². The molecular weight excluding hydrogens is 912 g/mol. The summed E-state index contributed by atoms with van der Waals surface area (Å²) in [5, 5.41) is 2.71. The van der Waals surface area contributed by atoms with E-state index in [0.29, 0.717) is 0 Å². The van der Waals surface area contributed by atoms with Gasteiger partial charge < -0.3 is 9.71 Å². The van der Waals surface area contributed by atoms with Gasteiger partial charge in [0.2, 0.25) is 0 Å². The zero-order valence-electron chi connectivity index (χ0n) is 47.0. The van der Waals surface area contributed by atoms with Crippen LogP contribution in [0.3, 0.4) is 0 Å². The van der Waals surface area contributed by atoms with Gasteiger partial charge >= 0.3 is 6.85 Å². The van der Waals surface area contributed by atoms with Crippen LogP contribution >= 0.6 is 11.3 Å². The van der Waals surface area contributed by atoms with E-state index in [1.54, 1.807) is 0 Å². The highest BCUT2D eigenvalue weighted by Gasteiger charge is 2.52. The van der Waals surface area contributed by atoms with Gasteiger partial charge in [0, 0.05) is 59.6 Å². The Kier molecular flexibility index (Phi) is 9.30. The third kappa shape index (κ3) is 6.18. The molecule has 0 atom stereocenters. The van der Waals surface area contributed by atoms with Crippen LogP contribution in [0.15, 0.2) is 109 Å². The molecule has 0 N–H and O–H groups in total. The van der Waals surface area contributed by atoms with E-state index in [4.69, 9.17) is 0 Å². The van der Waals surface area contributed by atoms with Crippen LogP contribution in [0, 0.1) is 6.92 Å². The molecule has 14 rings (SSSR count). The molecule has 74 heavy (non-hydrogen) atoms. The first-order chi connectivity index (χ1) is 34.8. The maximum Gasteiger partial charge on any atom is 0.333 e. The molecule has 2 nitrogen and oxygen atoms in total. The molecule has 0 fully saturated rings. The van der Waals surface area contributed by atoms with Gasteiger partial charge in [-0.1, -0.05) is 158 Å². The SMILES string of the molecule is Cc1cc2c(cc1N1c3cc4sc5ccccc5c4cc3B3c4c1cc1c(c4-c4cc5c(cc4N3c3ccc4c(c3)C(C)(C)CCC4(C)C)C(C)(C)CCC5(C)C)-c3ccccc3C1(C)C)C(C)(C)CCC2(C)C. The summed E-state index contributed by atoms with van der Waals surface area (Å²) >= 11 is 1.95. The summed E-state index contributed by atoms with van der Waals surface area (Å²) in [6.45, 7) is 37.3. The van der Waals surface area contributed by atoms with E-state index in [0.717, 1.165) is 0 Å². The van der Waals surface area contributed by atoms with Crippen molar-refractivity contribution in [3.63, 3.8) is 0 Å². The molecule has 4 heteroatoms. The van der Waals surface area contributed by atoms with Gasteiger partial charge in [0.05, 0.1) is 0 Å². The Balaban J connectivity index is 1.19. The van der Waals surface area contributed by atoms with Gasteiger partial charge in [0.1, 0.15) is 0 Å². The average molecular weight is 987 g/mol. The number of hydrogen-bond donors (Lipinski definition) is 0. The highest BCUT2D eigenvalue weighted by atomic mass is 32.1. The number of nitrogens with zero attached hydrogens (tertiary/aromatic N) is 2. The minimum atomic E-state index is -0.213. The van der Waals surface area contributed by atoms with E-state index in [1.165, 1.54) is 170 Å². The van der Waals surface area contributed by atoms with Crippen LogP contribution in [0.25, 0.3) is 42.4 Å². The fraction of sp³-hybridized carbons (Fsp3) is 0.400. The first kappa shape index (κ1) is 46.9. The normalized spacial score (nSPS) is 21.0. The molecule has 0 radical (unpaired) electrons. The van der Waals surface area contributed by atoms with E-state index in [1.807, 2.05) is 11.3 Å². The smallest absolute Gasteiger partial charge is 0.333 e. The third-order valence-corrected chi connectivity index (χ3v) is 21.9. The Bertz CT molecular complexity index is 3810. The van der Waals surface area contributed by atoms with Gasteiger partial charge in [0.15, 0.2) is 0 Å². The van der Waals surface area contributed by atoms with Crippen LogP contribution in [0.1, 0.15) is 186 Å². The quantitative estimate of drug-likeness (QED) is 0.159. The number of rotatable bonds is 2. The topological polar surface area (TPSA) is 6.48 Å². The largest absolute Gasteiger partial charge is 0.376 e. The van der Waals surface area contributed by atoms with Crippen LogP contribution in [0.4, 0.5) is 28.4 Å². The van der Waals surface area contributed by atoms with Crippen molar-refractivity contribution < 1.29 is 0 Å². The lowest BCUT2D eigenvalue weighted by atomic mass is 9.42. The van der Waals surface area contributed by atoms with E-state index in [-0.39, 0.29) is 44.8 Å². The van der Waals surface area contributed by atoms with Crippen LogP contribution in [-0.4, -0.2) is 6.85 Å². The third-order valence-electron chi connectivity index (χ3n) is 20.7. The molecule has 1 aromatic heterocycles. The van der Waals surface area contributed by atoms with E-state index in [2.05, 4.69) is 223 Å². The molecule has 0 spiro atoms. The van der Waals surface area contributed by atoms with Crippen LogP contribution in [0.2, 0.25) is 0 Å². The molecule has 3 heterocycles. The second-order valence-electron chi connectivity index (χ2n) is 28.5. The van der Waals surface area contributed by atoms with Crippen LogP contribution < -0.4 is 20.6 Å². The minimum Gasteiger partial charge on any atom is -0.376 e. The molecule has 4 aliphatic carbocycles. The lowest BCUT2D eigenvalue weighted by Crippen LogP contribution is -2.62. The standard InChI is InChI=1S/C70H75BN2S/c1-40-32-48-51(68(10,11)30-28-65(48,4)5)36-55(40)72-57-39-60-44(42-20-17-19-23-59(42)74-60)35-54(57)71-63-58(72)38-53-61(43-21-16-18-22-46(43)70(53,14)15)62(63)45-34-50-52(69(12,13)31-29-67(50,8)9)37-56(45)73(71)41-24-25-47-49(33-41)66(6,7)27-26-64(47,2)3/h16-25,32-39H,26-31H2,1-15H3. The number of hydrogen-bond acceptors (Lipinski definition) is 3. The monoisotopic (exact) mass is 987 g/mol. The second-order valence-corrected chi connectivity index (χ2v) is 29.6. The number of anilines is 5. The predicted octanol–water partition coefficient (Wildman–Crippen LogP) is 18.4. The molecule has 0 unspecified atom stereocenters. The first-order valence-electron chi connectivity index (χ1n) is 28.2. The fourth-order valence-corrected chi connectivity index (χ4v) is 16.8. The van der Waals surface area contributed by atoms with Gasteiger partial charge in [-0.3, -0.25) is 0 Å². The van der Waals surface area contributed by atoms with E-state index in [9.17, 15) is 0 Å². The highest BCUT2D eigenvalue weighted by molar-refractivity contribution is 7.26. The van der Waals surface area contributed by atoms with Crippen molar-refractivity contribution in [2.75, 3.05) is 9.71 Å². The first-order valence-corrected chi connectivity index (χ1v) is 29.0. The van der Waals surface area contributed by atoms with Gasteiger partial charge in [-0.15, -0.1) is 11.3 Å². The molecule has 0 bridgehead atoms. The van der Waals surface area contributed by atoms with Gasteiger partial charge in [-0.25, -0.2) is 0 Å². The molecular formula is C70H75BN2S. The molecule has 0 saturated carbocycles. The number of benzene rings is 7. The molecule has 7 aromatic carbocycles. The molecule has 0 saturated heterocycles. The van der Waals surface area contributed by atoms with Crippen molar-refractivity contribution in [1.82, 2.24) is 0 Å². The minimum absolute atomic E-state index is 0.0292. The second kappa shape index (κ2) is 14.7. The summed E-state index contributed by atoms with van der Waals surface area (Å²) in [5.74, 6) is 0. The molecule has 6 aliphatic rings. The molecule has 8 aromatic rings. The Hall–Kier alpha value is -5.58. The Morgan fingerprint density at radius 2 is 0.946 bits per heavy atom. The lowest BCUT2D eigenvalue weighted by molar-refractivity contribution is 0.332. The Morgan fingerprint density at radius 1 is 0.405 bits per heavy atom. The van der Waals surface area contributed by atoms with Crippen molar-refractivity contribution in [2.45, 2.75) is 180 Å². The van der Waals surface area contributed by atoms with Gasteiger partial charge in [0.25, 0.3) is 0 Å². The highest BCUT2D eigenvalue weighted by Crippen LogP contribution is 2.61. The zero-order valence-corrected chi connectivity index (χ0v) is 47.8. The Morgan fingerprint density at radius 3 is 1.61 bits per heavy atom. The van der Waals surface area contributed by atoms with Gasteiger partial charge in [-0.2, -0.15) is 0 Å². The van der Waals surface area contributed by atoms with Crippen molar-refractivity contribution in [3.8, 4) is 22.3 Å². The number of aryl methyl sites for hydroxylation is 1. The predicted molar refractivity (Wildman–Crippen MR) is 321 cm³/mol. The van der Waals surface area contributed by atoms with Crippen molar-refractivity contribution in [1.29, 1.82) is 0 Å². The molecule has 0 amide bonds. The van der Waals surface area contributed by atoms with Crippen LogP contribution in [0.5, 0.6) is 0 Å². The summed E-state index contributed by atoms with van der Waals surface area (Å²) < 4.78 is 2.70. The van der Waals surface area contributed by atoms with Gasteiger partial charge in [-0.05, 0) is 204 Å². The maximum absolute atomic E-state index is 2.87. The van der Waals surface area contributed by atoms with E-state index < -0.39 is 0 Å². The summed E-state index contributed by atoms with van der Waals surface area (Å²) in [6, 6.07) is 45.0. The summed E-state index contributed by atoms with van der Waals surface area (Å²) in [4.78, 5) is 5.66. The van der Waals surface area contributed by atoms with Crippen molar-refractivity contribution in [3.05, 3.63) is 159 Å². The summed E-state index contributed by atoms with van der Waals surface area (Å²) in [7, 11) is 0. The van der Waals surface area contributed by atoms with Crippen LogP contribution in [-0.2, 0) is 37.9 Å². The maximum atomic E-state index is 2.87. The fourth-order valence-electron chi connectivity index (χ4n) is 15.7. The summed E-state index contributed by atoms with van der Waals surface area (Å²) in [5.41, 5.74) is 28.6. The average Bonchev–Trinajstić information content (AvgIpc) is 3.83. The number of thiophene rings is 1. The van der Waals surface area contributed by atoms with E-state index >= 15 is 0 Å². The molecule has 374 valence electrons. The number of fused-ring (bicyclic) bond motifs is 14. The zero-order chi connectivity index (χ0) is 51.8. The molecule has 2 aliphatic heterocycles. The Labute approximate surface area is 446 Å².